The molecule has 0 aliphatic rings. The second-order valence-corrected chi connectivity index (χ2v) is 7.37. The van der Waals surface area contributed by atoms with Crippen molar-refractivity contribution in [3.05, 3.63) is 58.4 Å². The molecule has 1 N–H and O–H groups in total. The molecular weight excluding hydrogens is 376 g/mol. The fraction of sp³-hybridized carbons (Fsp3) is 0.286. The largest absolute Gasteiger partial charge is 0.494 e. The SMILES string of the molecule is CCOc1ccc2c(c1)sc(=NC(=O)c1ccc(C)cc1)n2C(CC)C(=O)O. The van der Waals surface area contributed by atoms with Crippen molar-refractivity contribution in [2.24, 2.45) is 4.99 Å². The van der Waals surface area contributed by atoms with Gasteiger partial charge in [0.1, 0.15) is 11.8 Å². The number of fused-ring (bicyclic) bond motifs is 1. The molecule has 1 amide bonds. The van der Waals surface area contributed by atoms with Crippen LogP contribution in [0.25, 0.3) is 10.2 Å². The third kappa shape index (κ3) is 3.99. The van der Waals surface area contributed by atoms with Gasteiger partial charge in [-0.05, 0) is 50.6 Å². The van der Waals surface area contributed by atoms with Crippen LogP contribution < -0.4 is 9.54 Å². The zero-order chi connectivity index (χ0) is 20.3. The number of rotatable bonds is 6. The Hall–Kier alpha value is -2.93. The maximum atomic E-state index is 12.7. The first-order valence-corrected chi connectivity index (χ1v) is 9.92. The Morgan fingerprint density at radius 2 is 1.89 bits per heavy atom. The molecule has 1 heterocycles. The van der Waals surface area contributed by atoms with Gasteiger partial charge in [-0.25, -0.2) is 4.79 Å². The molecule has 146 valence electrons. The molecule has 0 aliphatic heterocycles. The zero-order valence-corrected chi connectivity index (χ0v) is 16.8. The fourth-order valence-electron chi connectivity index (χ4n) is 2.98. The standard InChI is InChI=1S/C21H22N2O4S/c1-4-16(20(25)26)23-17-11-10-15(27-5-2)12-18(17)28-21(23)22-19(24)14-8-6-13(3)7-9-14/h6-12,16H,4-5H2,1-3H3,(H,25,26). The van der Waals surface area contributed by atoms with Gasteiger partial charge in [-0.15, -0.1) is 0 Å². The Morgan fingerprint density at radius 3 is 2.50 bits per heavy atom. The Bertz CT molecular complexity index is 1080. The van der Waals surface area contributed by atoms with Crippen LogP contribution in [0, 0.1) is 6.92 Å². The lowest BCUT2D eigenvalue weighted by molar-refractivity contribution is -0.140. The van der Waals surface area contributed by atoms with Crippen LogP contribution in [0.2, 0.25) is 0 Å². The highest BCUT2D eigenvalue weighted by Gasteiger charge is 2.22. The summed E-state index contributed by atoms with van der Waals surface area (Å²) in [6.45, 7) is 6.18. The van der Waals surface area contributed by atoms with Gasteiger partial charge in [0.25, 0.3) is 5.91 Å². The molecule has 1 aromatic heterocycles. The van der Waals surface area contributed by atoms with Crippen molar-refractivity contribution >= 4 is 33.4 Å². The van der Waals surface area contributed by atoms with Gasteiger partial charge in [-0.2, -0.15) is 4.99 Å². The molecular formula is C21H22N2O4S. The number of ether oxygens (including phenoxy) is 1. The van der Waals surface area contributed by atoms with Gasteiger partial charge < -0.3 is 14.4 Å². The lowest BCUT2D eigenvalue weighted by Gasteiger charge is -2.13. The molecule has 1 atom stereocenters. The van der Waals surface area contributed by atoms with Crippen LogP contribution in [0.5, 0.6) is 5.75 Å². The summed E-state index contributed by atoms with van der Waals surface area (Å²) < 4.78 is 7.99. The molecule has 3 rings (SSSR count). The molecule has 7 heteroatoms. The van der Waals surface area contributed by atoms with Crippen molar-refractivity contribution in [3.63, 3.8) is 0 Å². The van der Waals surface area contributed by atoms with E-state index in [4.69, 9.17) is 4.74 Å². The lowest BCUT2D eigenvalue weighted by atomic mass is 10.1. The van der Waals surface area contributed by atoms with Gasteiger partial charge >= 0.3 is 5.97 Å². The van der Waals surface area contributed by atoms with Gasteiger partial charge in [0.2, 0.25) is 0 Å². The Labute approximate surface area is 166 Å². The molecule has 0 spiro atoms. The molecule has 0 fully saturated rings. The molecule has 1 unspecified atom stereocenters. The highest BCUT2D eigenvalue weighted by Crippen LogP contribution is 2.27. The first-order chi connectivity index (χ1) is 13.4. The first kappa shape index (κ1) is 19.8. The number of thiazole rings is 1. The summed E-state index contributed by atoms with van der Waals surface area (Å²) in [5, 5.41) is 9.68. The second-order valence-electron chi connectivity index (χ2n) is 6.36. The minimum Gasteiger partial charge on any atom is -0.494 e. The maximum absolute atomic E-state index is 12.7. The molecule has 0 saturated carbocycles. The van der Waals surface area contributed by atoms with Crippen LogP contribution in [0.15, 0.2) is 47.5 Å². The van der Waals surface area contributed by atoms with Gasteiger partial charge in [0.15, 0.2) is 4.80 Å². The van der Waals surface area contributed by atoms with Crippen LogP contribution in [0.3, 0.4) is 0 Å². The van der Waals surface area contributed by atoms with E-state index in [1.54, 1.807) is 29.7 Å². The maximum Gasteiger partial charge on any atom is 0.326 e. The molecule has 3 aromatic rings. The fourth-order valence-corrected chi connectivity index (χ4v) is 4.07. The lowest BCUT2D eigenvalue weighted by Crippen LogP contribution is -2.27. The smallest absolute Gasteiger partial charge is 0.326 e. The number of hydrogen-bond acceptors (Lipinski definition) is 4. The predicted octanol–water partition coefficient (Wildman–Crippen LogP) is 4.19. The summed E-state index contributed by atoms with van der Waals surface area (Å²) in [6, 6.07) is 11.8. The van der Waals surface area contributed by atoms with Crippen LogP contribution in [-0.2, 0) is 4.79 Å². The minimum absolute atomic E-state index is 0.364. The average Bonchev–Trinajstić information content (AvgIpc) is 3.00. The number of aryl methyl sites for hydroxylation is 1. The normalized spacial score (nSPS) is 12.9. The molecule has 0 radical (unpaired) electrons. The van der Waals surface area contributed by atoms with E-state index in [0.29, 0.717) is 29.1 Å². The Morgan fingerprint density at radius 1 is 1.18 bits per heavy atom. The summed E-state index contributed by atoms with van der Waals surface area (Å²) >= 11 is 1.28. The number of hydrogen-bond donors (Lipinski definition) is 1. The van der Waals surface area contributed by atoms with Crippen molar-refractivity contribution in [3.8, 4) is 5.75 Å². The van der Waals surface area contributed by atoms with Crippen molar-refractivity contribution in [1.82, 2.24) is 4.57 Å². The van der Waals surface area contributed by atoms with E-state index in [2.05, 4.69) is 4.99 Å². The summed E-state index contributed by atoms with van der Waals surface area (Å²) in [6.07, 6.45) is 0.375. The van der Waals surface area contributed by atoms with Crippen LogP contribution in [-0.4, -0.2) is 28.2 Å². The Balaban J connectivity index is 2.19. The molecule has 28 heavy (non-hydrogen) atoms. The van der Waals surface area contributed by atoms with Gasteiger partial charge in [-0.3, -0.25) is 4.79 Å². The van der Waals surface area contributed by atoms with Gasteiger partial charge in [0, 0.05) is 5.56 Å². The molecule has 0 aliphatic carbocycles. The van der Waals surface area contributed by atoms with Gasteiger partial charge in [0.05, 0.1) is 16.8 Å². The number of benzene rings is 2. The molecule has 0 saturated heterocycles. The average molecular weight is 398 g/mol. The third-order valence-electron chi connectivity index (χ3n) is 4.39. The zero-order valence-electron chi connectivity index (χ0n) is 16.0. The van der Waals surface area contributed by atoms with E-state index in [-0.39, 0.29) is 0 Å². The van der Waals surface area contributed by atoms with Crippen molar-refractivity contribution in [1.29, 1.82) is 0 Å². The van der Waals surface area contributed by atoms with Gasteiger partial charge in [-0.1, -0.05) is 36.0 Å². The highest BCUT2D eigenvalue weighted by atomic mass is 32.1. The van der Waals surface area contributed by atoms with Crippen LogP contribution in [0.1, 0.15) is 42.2 Å². The number of carbonyl (C=O) groups excluding carboxylic acids is 1. The van der Waals surface area contributed by atoms with E-state index in [0.717, 1.165) is 15.8 Å². The minimum atomic E-state index is -0.958. The number of aromatic nitrogens is 1. The summed E-state index contributed by atoms with van der Waals surface area (Å²) in [5.74, 6) is -0.658. The monoisotopic (exact) mass is 398 g/mol. The van der Waals surface area contributed by atoms with E-state index >= 15 is 0 Å². The number of carboxylic acids is 1. The molecule has 6 nitrogen and oxygen atoms in total. The number of aliphatic carboxylic acids is 1. The predicted molar refractivity (Wildman–Crippen MR) is 109 cm³/mol. The number of carboxylic acid groups (broad SMARTS) is 1. The summed E-state index contributed by atoms with van der Waals surface area (Å²) in [4.78, 5) is 29.1. The second kappa shape index (κ2) is 8.39. The highest BCUT2D eigenvalue weighted by molar-refractivity contribution is 7.16. The van der Waals surface area contributed by atoms with E-state index < -0.39 is 17.9 Å². The quantitative estimate of drug-likeness (QED) is 0.675. The van der Waals surface area contributed by atoms with E-state index in [9.17, 15) is 14.7 Å². The van der Waals surface area contributed by atoms with Crippen LogP contribution in [0.4, 0.5) is 0 Å². The summed E-state index contributed by atoms with van der Waals surface area (Å²) in [5.41, 5.74) is 2.24. The van der Waals surface area contributed by atoms with Crippen molar-refractivity contribution < 1.29 is 19.4 Å². The number of nitrogens with zero attached hydrogens (tertiary/aromatic N) is 2. The van der Waals surface area contributed by atoms with Crippen LogP contribution >= 0.6 is 11.3 Å². The van der Waals surface area contributed by atoms with E-state index in [1.165, 1.54) is 11.3 Å². The summed E-state index contributed by atoms with van der Waals surface area (Å²) in [7, 11) is 0. The van der Waals surface area contributed by atoms with E-state index in [1.807, 2.05) is 38.1 Å². The molecule has 2 aromatic carbocycles. The molecule has 0 bridgehead atoms. The van der Waals surface area contributed by atoms with Crippen molar-refractivity contribution in [2.75, 3.05) is 6.61 Å². The third-order valence-corrected chi connectivity index (χ3v) is 5.41. The topological polar surface area (TPSA) is 80.9 Å². The number of carbonyl (C=O) groups is 2. The van der Waals surface area contributed by atoms with Crippen molar-refractivity contribution in [2.45, 2.75) is 33.2 Å². The number of amides is 1. The first-order valence-electron chi connectivity index (χ1n) is 9.11. The Kier molecular flexibility index (Phi) is 5.94.